The number of rotatable bonds is 6. The Kier molecular flexibility index (Phi) is 6.81. The summed E-state index contributed by atoms with van der Waals surface area (Å²) in [5.74, 6) is 0.0976. The van der Waals surface area contributed by atoms with Gasteiger partial charge in [-0.25, -0.2) is 0 Å². The summed E-state index contributed by atoms with van der Waals surface area (Å²) in [7, 11) is 3.15. The number of carbonyl (C=O) groups is 2. The normalized spacial score (nSPS) is 10.6. The summed E-state index contributed by atoms with van der Waals surface area (Å²) in [5.41, 5.74) is 2.45. The van der Waals surface area contributed by atoms with E-state index in [1.807, 2.05) is 25.1 Å². The molecule has 0 saturated heterocycles. The van der Waals surface area contributed by atoms with E-state index in [9.17, 15) is 9.59 Å². The molecule has 2 aromatic carbocycles. The average molecular weight is 373 g/mol. The molecule has 136 valence electrons. The van der Waals surface area contributed by atoms with Crippen molar-refractivity contribution < 1.29 is 14.3 Å². The molecule has 1 N–H and O–H groups in total. The number of methoxy groups -OCH3 is 1. The zero-order valence-electron chi connectivity index (χ0n) is 15.0. The lowest BCUT2D eigenvalue weighted by atomic mass is 10.1. The highest BCUT2D eigenvalue weighted by molar-refractivity contribution is 6.30. The summed E-state index contributed by atoms with van der Waals surface area (Å²) in [6, 6.07) is 12.5. The van der Waals surface area contributed by atoms with Gasteiger partial charge in [0.2, 0.25) is 11.8 Å². The summed E-state index contributed by atoms with van der Waals surface area (Å²) < 4.78 is 5.28. The van der Waals surface area contributed by atoms with E-state index in [1.54, 1.807) is 44.5 Å². The predicted octanol–water partition coefficient (Wildman–Crippen LogP) is 3.77. The molecule has 0 bridgehead atoms. The van der Waals surface area contributed by atoms with E-state index in [0.29, 0.717) is 16.5 Å². The van der Waals surface area contributed by atoms with E-state index < -0.39 is 0 Å². The van der Waals surface area contributed by atoms with Crippen LogP contribution < -0.4 is 10.1 Å². The van der Waals surface area contributed by atoms with Gasteiger partial charge >= 0.3 is 0 Å². The number of hydrogen-bond donors (Lipinski definition) is 1. The first kappa shape index (κ1) is 19.5. The summed E-state index contributed by atoms with van der Waals surface area (Å²) in [6.45, 7) is 1.89. The Labute approximate surface area is 158 Å². The lowest BCUT2D eigenvalue weighted by Gasteiger charge is -2.15. The Balaban J connectivity index is 1.97. The fourth-order valence-electron chi connectivity index (χ4n) is 2.33. The minimum Gasteiger partial charge on any atom is -0.496 e. The van der Waals surface area contributed by atoms with Crippen molar-refractivity contribution in [1.29, 1.82) is 0 Å². The summed E-state index contributed by atoms with van der Waals surface area (Å²) in [5, 5.41) is 3.24. The third-order valence-corrected chi connectivity index (χ3v) is 3.89. The first-order valence-electron chi connectivity index (χ1n) is 8.02. The van der Waals surface area contributed by atoms with Crippen LogP contribution in [0.5, 0.6) is 5.75 Å². The minimum atomic E-state index is -0.301. The van der Waals surface area contributed by atoms with Crippen LogP contribution in [0.3, 0.4) is 0 Å². The maximum absolute atomic E-state index is 12.2. The summed E-state index contributed by atoms with van der Waals surface area (Å²) in [6.07, 6.45) is 3.10. The van der Waals surface area contributed by atoms with Crippen LogP contribution in [0.15, 0.2) is 48.5 Å². The van der Waals surface area contributed by atoms with E-state index in [2.05, 4.69) is 5.32 Å². The third-order valence-electron chi connectivity index (χ3n) is 3.66. The number of likely N-dealkylation sites (N-methyl/N-ethyl adjacent to an activating group) is 1. The number of carbonyl (C=O) groups excluding carboxylic acids is 2. The largest absolute Gasteiger partial charge is 0.496 e. The number of hydrogen-bond acceptors (Lipinski definition) is 3. The SMILES string of the molecule is COc1ccc(C)cc1/C=C/C(=O)N(C)CC(=O)Nc1cccc(Cl)c1. The second-order valence-electron chi connectivity index (χ2n) is 5.83. The van der Waals surface area contributed by atoms with Gasteiger partial charge in [-0.15, -0.1) is 0 Å². The Bertz CT molecular complexity index is 834. The molecule has 26 heavy (non-hydrogen) atoms. The van der Waals surface area contributed by atoms with Crippen LogP contribution in [-0.2, 0) is 9.59 Å². The van der Waals surface area contributed by atoms with Crippen LogP contribution in [0.25, 0.3) is 6.08 Å². The number of benzene rings is 2. The average Bonchev–Trinajstić information content (AvgIpc) is 2.59. The fourth-order valence-corrected chi connectivity index (χ4v) is 2.52. The topological polar surface area (TPSA) is 58.6 Å². The van der Waals surface area contributed by atoms with Gasteiger partial charge in [0.1, 0.15) is 5.75 Å². The molecule has 2 aromatic rings. The van der Waals surface area contributed by atoms with Crippen molar-refractivity contribution in [3.8, 4) is 5.75 Å². The lowest BCUT2D eigenvalue weighted by molar-refractivity contribution is -0.129. The van der Waals surface area contributed by atoms with Gasteiger partial charge in [0.05, 0.1) is 13.7 Å². The number of halogens is 1. The Morgan fingerprint density at radius 2 is 2.00 bits per heavy atom. The maximum Gasteiger partial charge on any atom is 0.246 e. The lowest BCUT2D eigenvalue weighted by Crippen LogP contribution is -2.33. The number of amides is 2. The van der Waals surface area contributed by atoms with Crippen LogP contribution >= 0.6 is 11.6 Å². The van der Waals surface area contributed by atoms with Crippen molar-refractivity contribution in [2.45, 2.75) is 6.92 Å². The van der Waals surface area contributed by atoms with Gasteiger partial charge in [-0.05, 0) is 43.3 Å². The smallest absolute Gasteiger partial charge is 0.246 e. The van der Waals surface area contributed by atoms with Crippen molar-refractivity contribution in [2.75, 3.05) is 26.0 Å². The maximum atomic E-state index is 12.2. The first-order chi connectivity index (χ1) is 12.4. The number of nitrogens with zero attached hydrogens (tertiary/aromatic N) is 1. The highest BCUT2D eigenvalue weighted by Gasteiger charge is 2.11. The van der Waals surface area contributed by atoms with Crippen molar-refractivity contribution in [1.82, 2.24) is 4.90 Å². The van der Waals surface area contributed by atoms with Crippen molar-refractivity contribution >= 4 is 35.2 Å². The van der Waals surface area contributed by atoms with E-state index in [-0.39, 0.29) is 18.4 Å². The van der Waals surface area contributed by atoms with Crippen molar-refractivity contribution in [3.05, 3.63) is 64.7 Å². The van der Waals surface area contributed by atoms with E-state index in [0.717, 1.165) is 11.1 Å². The van der Waals surface area contributed by atoms with Gasteiger partial charge in [0.15, 0.2) is 0 Å². The number of aryl methyl sites for hydroxylation is 1. The molecule has 0 heterocycles. The third kappa shape index (κ3) is 5.63. The molecule has 0 aliphatic heterocycles. The first-order valence-corrected chi connectivity index (χ1v) is 8.40. The number of ether oxygens (including phenoxy) is 1. The highest BCUT2D eigenvalue weighted by atomic mass is 35.5. The fraction of sp³-hybridized carbons (Fsp3) is 0.200. The molecule has 0 spiro atoms. The van der Waals surface area contributed by atoms with E-state index in [1.165, 1.54) is 11.0 Å². The summed E-state index contributed by atoms with van der Waals surface area (Å²) in [4.78, 5) is 25.6. The Morgan fingerprint density at radius 3 is 2.69 bits per heavy atom. The van der Waals surface area contributed by atoms with Crippen molar-refractivity contribution in [3.63, 3.8) is 0 Å². The molecule has 0 aliphatic rings. The molecule has 0 aliphatic carbocycles. The van der Waals surface area contributed by atoms with Gasteiger partial charge in [-0.1, -0.05) is 29.3 Å². The Morgan fingerprint density at radius 1 is 1.23 bits per heavy atom. The van der Waals surface area contributed by atoms with Gasteiger partial charge in [0, 0.05) is 29.4 Å². The summed E-state index contributed by atoms with van der Waals surface area (Å²) >= 11 is 5.88. The monoisotopic (exact) mass is 372 g/mol. The van der Waals surface area contributed by atoms with E-state index >= 15 is 0 Å². The standard InChI is InChI=1S/C20H21ClN2O3/c1-14-7-9-18(26-3)15(11-14)8-10-20(25)23(2)13-19(24)22-17-6-4-5-16(21)12-17/h4-12H,13H2,1-3H3,(H,22,24)/b10-8+. The van der Waals surface area contributed by atoms with Gasteiger partial charge in [0.25, 0.3) is 0 Å². The molecule has 0 unspecified atom stereocenters. The number of anilines is 1. The van der Waals surface area contributed by atoms with Crippen molar-refractivity contribution in [2.24, 2.45) is 0 Å². The molecule has 0 aromatic heterocycles. The van der Waals surface area contributed by atoms with Crippen LogP contribution in [0.2, 0.25) is 5.02 Å². The molecule has 5 nitrogen and oxygen atoms in total. The van der Waals surface area contributed by atoms with Gasteiger partial charge in [-0.2, -0.15) is 0 Å². The molecule has 2 rings (SSSR count). The Hall–Kier alpha value is -2.79. The molecule has 0 radical (unpaired) electrons. The highest BCUT2D eigenvalue weighted by Crippen LogP contribution is 2.21. The molecule has 0 atom stereocenters. The van der Waals surface area contributed by atoms with Crippen LogP contribution in [0.1, 0.15) is 11.1 Å². The predicted molar refractivity (Wildman–Crippen MR) is 104 cm³/mol. The molecule has 6 heteroatoms. The van der Waals surface area contributed by atoms with Crippen LogP contribution in [0.4, 0.5) is 5.69 Å². The van der Waals surface area contributed by atoms with Crippen LogP contribution in [0, 0.1) is 6.92 Å². The molecule has 0 fully saturated rings. The molecular formula is C20H21ClN2O3. The zero-order valence-corrected chi connectivity index (χ0v) is 15.7. The molecular weight excluding hydrogens is 352 g/mol. The number of nitrogens with one attached hydrogen (secondary N) is 1. The second-order valence-corrected chi connectivity index (χ2v) is 6.27. The van der Waals surface area contributed by atoms with Gasteiger partial charge in [-0.3, -0.25) is 9.59 Å². The van der Waals surface area contributed by atoms with Gasteiger partial charge < -0.3 is 15.0 Å². The molecule has 0 saturated carbocycles. The second kappa shape index (κ2) is 9.06. The van der Waals surface area contributed by atoms with Crippen LogP contribution in [-0.4, -0.2) is 37.4 Å². The van der Waals surface area contributed by atoms with E-state index in [4.69, 9.17) is 16.3 Å². The molecule has 2 amide bonds. The zero-order chi connectivity index (χ0) is 19.1. The minimum absolute atomic E-state index is 0.0688. The quantitative estimate of drug-likeness (QED) is 0.785.